The van der Waals surface area contributed by atoms with Crippen molar-refractivity contribution in [2.24, 2.45) is 23.0 Å². The zero-order valence-corrected chi connectivity index (χ0v) is 24.1. The number of hydrogen-bond donors (Lipinski definition) is 6. The first-order valence-electron chi connectivity index (χ1n) is 13.3. The summed E-state index contributed by atoms with van der Waals surface area (Å²) in [5.74, 6) is -6.55. The minimum absolute atomic E-state index is 0.00285. The van der Waals surface area contributed by atoms with Crippen molar-refractivity contribution in [1.29, 1.82) is 0 Å². The molecule has 0 aromatic heterocycles. The summed E-state index contributed by atoms with van der Waals surface area (Å²) in [7, 11) is 6.84. The van der Waals surface area contributed by atoms with Crippen molar-refractivity contribution in [3.05, 3.63) is 39.7 Å². The van der Waals surface area contributed by atoms with E-state index in [9.17, 15) is 34.8 Å². The summed E-state index contributed by atoms with van der Waals surface area (Å²) in [6.45, 7) is 7.21. The van der Waals surface area contributed by atoms with Crippen LogP contribution in [-0.2, 0) is 27.3 Å². The van der Waals surface area contributed by atoms with Crippen molar-refractivity contribution in [3.8, 4) is 5.75 Å². The average molecular weight is 557 g/mol. The predicted molar refractivity (Wildman–Crippen MR) is 150 cm³/mol. The van der Waals surface area contributed by atoms with E-state index in [1.165, 1.54) is 4.90 Å². The molecule has 0 bridgehead atoms. The summed E-state index contributed by atoms with van der Waals surface area (Å²) in [6.07, 6.45) is 0.291. The first-order chi connectivity index (χ1) is 18.4. The smallest absolute Gasteiger partial charge is 0.255 e. The lowest BCUT2D eigenvalue weighted by atomic mass is 9.57. The zero-order valence-electron chi connectivity index (χ0n) is 24.1. The molecule has 1 aromatic carbocycles. The molecule has 0 spiro atoms. The third-order valence-electron chi connectivity index (χ3n) is 8.23. The van der Waals surface area contributed by atoms with Crippen LogP contribution in [0.15, 0.2) is 23.0 Å². The number of likely N-dealkylation sites (N-methyl/N-ethyl adjacent to an activating group) is 1. The van der Waals surface area contributed by atoms with Crippen LogP contribution in [0.5, 0.6) is 5.75 Å². The molecule has 3 aliphatic carbocycles. The molecule has 0 radical (unpaired) electrons. The van der Waals surface area contributed by atoms with Gasteiger partial charge in [-0.1, -0.05) is 20.8 Å². The number of fused-ring (bicyclic) bond motifs is 3. The van der Waals surface area contributed by atoms with Crippen molar-refractivity contribution in [1.82, 2.24) is 10.2 Å². The molecule has 0 saturated heterocycles. The van der Waals surface area contributed by atoms with Gasteiger partial charge in [0.25, 0.3) is 5.91 Å². The quantitative estimate of drug-likeness (QED) is 0.279. The van der Waals surface area contributed by atoms with Gasteiger partial charge in [0.2, 0.25) is 5.78 Å². The molecule has 11 nitrogen and oxygen atoms in total. The van der Waals surface area contributed by atoms with E-state index in [1.807, 2.05) is 25.1 Å². The van der Waals surface area contributed by atoms with E-state index < -0.39 is 58.0 Å². The molecule has 0 heterocycles. The van der Waals surface area contributed by atoms with E-state index >= 15 is 0 Å². The standard InChI is InChI=1S/C29H40N4O7/c1-28(2,3)12-31-11-14-10-17(32(4)5)15-8-13-9-16-21(33(6)7)24(36)20(27(30)39)26(38)29(16,40)25(37)18(13)23(35)19(15)22(14)34/h10,13,16,21,31,34-35,38,40H,8-9,11-12H2,1-7H3,(H2,30,39)/t13-,16-,21-,29-/m1/s1. The highest BCUT2D eigenvalue weighted by Gasteiger charge is 2.64. The highest BCUT2D eigenvalue weighted by atomic mass is 16.3. The van der Waals surface area contributed by atoms with Crippen LogP contribution in [-0.4, -0.2) is 89.2 Å². The first-order valence-corrected chi connectivity index (χ1v) is 13.3. The number of phenols is 1. The Hall–Kier alpha value is -3.41. The van der Waals surface area contributed by atoms with E-state index in [0.29, 0.717) is 24.2 Å². The molecule has 4 atom stereocenters. The lowest BCUT2D eigenvalue weighted by Gasteiger charge is -2.50. The number of carbonyl (C=O) groups is 3. The number of anilines is 1. The van der Waals surface area contributed by atoms with E-state index in [-0.39, 0.29) is 35.1 Å². The van der Waals surface area contributed by atoms with Gasteiger partial charge in [-0.15, -0.1) is 0 Å². The number of hydrogen-bond acceptors (Lipinski definition) is 10. The molecular formula is C29H40N4O7. The number of nitrogens with zero attached hydrogens (tertiary/aromatic N) is 2. The fourth-order valence-corrected chi connectivity index (χ4v) is 6.45. The second-order valence-corrected chi connectivity index (χ2v) is 12.8. The molecule has 1 amide bonds. The molecule has 3 aliphatic rings. The van der Waals surface area contributed by atoms with Gasteiger partial charge in [-0.2, -0.15) is 0 Å². The second kappa shape index (κ2) is 9.90. The van der Waals surface area contributed by atoms with Crippen LogP contribution in [0.4, 0.5) is 5.69 Å². The summed E-state index contributed by atoms with van der Waals surface area (Å²) >= 11 is 0. The number of aliphatic hydroxyl groups is 3. The molecule has 218 valence electrons. The highest BCUT2D eigenvalue weighted by Crippen LogP contribution is 2.54. The number of rotatable bonds is 6. The van der Waals surface area contributed by atoms with Gasteiger partial charge in [-0.25, -0.2) is 0 Å². The average Bonchev–Trinajstić information content (AvgIpc) is 2.81. The molecule has 40 heavy (non-hydrogen) atoms. The van der Waals surface area contributed by atoms with Gasteiger partial charge in [0.05, 0.1) is 11.6 Å². The number of Topliss-reactive ketones (excluding diaryl/α,β-unsaturated/α-hetero) is 2. The van der Waals surface area contributed by atoms with Crippen molar-refractivity contribution in [2.45, 2.75) is 51.8 Å². The second-order valence-electron chi connectivity index (χ2n) is 12.8. The number of primary amides is 1. The Morgan fingerprint density at radius 1 is 1.15 bits per heavy atom. The van der Waals surface area contributed by atoms with Gasteiger partial charge in [0, 0.05) is 49.9 Å². The van der Waals surface area contributed by atoms with Crippen LogP contribution in [0.3, 0.4) is 0 Å². The van der Waals surface area contributed by atoms with Crippen molar-refractivity contribution >= 4 is 28.9 Å². The third kappa shape index (κ3) is 4.46. The molecular weight excluding hydrogens is 516 g/mol. The lowest BCUT2D eigenvalue weighted by molar-refractivity contribution is -0.153. The number of amides is 1. The SMILES string of the molecule is CN(C)c1cc(CNCC(C)(C)C)c(O)c2c1C[C@@H]1C[C@@H]3[C@@H](N(C)C)C(=O)C(C(N)=O)=C(O)[C@]3(O)C(=O)C1=C2O. The molecule has 1 fully saturated rings. The number of phenolic OH excluding ortho intramolecular Hbond substituents is 1. The number of carbonyl (C=O) groups excluding carboxylic acids is 3. The van der Waals surface area contributed by atoms with E-state index in [4.69, 9.17) is 5.73 Å². The summed E-state index contributed by atoms with van der Waals surface area (Å²) < 4.78 is 0. The Balaban J connectivity index is 1.91. The van der Waals surface area contributed by atoms with Crippen LogP contribution in [0.25, 0.3) is 5.76 Å². The number of nitrogens with two attached hydrogens (primary N) is 1. The fraction of sp³-hybridized carbons (Fsp3) is 0.552. The molecule has 0 unspecified atom stereocenters. The minimum atomic E-state index is -2.66. The highest BCUT2D eigenvalue weighted by molar-refractivity contribution is 6.24. The molecule has 4 rings (SSSR count). The number of aliphatic hydroxyl groups excluding tert-OH is 2. The van der Waals surface area contributed by atoms with Gasteiger partial charge < -0.3 is 36.4 Å². The van der Waals surface area contributed by atoms with Gasteiger partial charge in [-0.3, -0.25) is 19.3 Å². The van der Waals surface area contributed by atoms with Gasteiger partial charge >= 0.3 is 0 Å². The Kier molecular flexibility index (Phi) is 7.32. The van der Waals surface area contributed by atoms with Crippen LogP contribution in [0.1, 0.15) is 43.9 Å². The third-order valence-corrected chi connectivity index (χ3v) is 8.23. The van der Waals surface area contributed by atoms with Crippen LogP contribution in [0.2, 0.25) is 0 Å². The normalized spacial score (nSPS) is 26.6. The van der Waals surface area contributed by atoms with E-state index in [2.05, 4.69) is 26.1 Å². The van der Waals surface area contributed by atoms with Crippen molar-refractivity contribution in [3.63, 3.8) is 0 Å². The number of benzene rings is 1. The van der Waals surface area contributed by atoms with Gasteiger partial charge in [0.15, 0.2) is 11.4 Å². The van der Waals surface area contributed by atoms with Crippen molar-refractivity contribution < 1.29 is 34.8 Å². The molecule has 7 N–H and O–H groups in total. The van der Waals surface area contributed by atoms with Crippen molar-refractivity contribution in [2.75, 3.05) is 39.6 Å². The molecule has 11 heteroatoms. The van der Waals surface area contributed by atoms with Crippen LogP contribution < -0.4 is 16.0 Å². The molecule has 1 saturated carbocycles. The lowest BCUT2D eigenvalue weighted by Crippen LogP contribution is -2.65. The number of ketones is 2. The largest absolute Gasteiger partial charge is 0.508 e. The Morgan fingerprint density at radius 2 is 1.77 bits per heavy atom. The molecule has 0 aliphatic heterocycles. The maximum absolute atomic E-state index is 14.0. The Bertz CT molecular complexity index is 1350. The first kappa shape index (κ1) is 29.6. The van der Waals surface area contributed by atoms with E-state index in [1.54, 1.807) is 14.1 Å². The Morgan fingerprint density at radius 3 is 2.30 bits per heavy atom. The number of nitrogens with one attached hydrogen (secondary N) is 1. The number of aromatic hydroxyl groups is 1. The summed E-state index contributed by atoms with van der Waals surface area (Å²) in [5.41, 5.74) is 3.73. The predicted octanol–water partition coefficient (Wildman–Crippen LogP) is 1.17. The topological polar surface area (TPSA) is 177 Å². The molecule has 1 aromatic rings. The Labute approximate surface area is 233 Å². The minimum Gasteiger partial charge on any atom is -0.508 e. The van der Waals surface area contributed by atoms with Gasteiger partial charge in [-0.05, 0) is 49.9 Å². The fourth-order valence-electron chi connectivity index (χ4n) is 6.45. The van der Waals surface area contributed by atoms with E-state index in [0.717, 1.165) is 5.69 Å². The summed E-state index contributed by atoms with van der Waals surface area (Å²) in [6, 6.07) is 0.735. The van der Waals surface area contributed by atoms with Gasteiger partial charge in [0.1, 0.15) is 22.8 Å². The monoisotopic (exact) mass is 556 g/mol. The zero-order chi connectivity index (χ0) is 30.1. The maximum Gasteiger partial charge on any atom is 0.255 e. The van der Waals surface area contributed by atoms with Crippen LogP contribution in [0, 0.1) is 17.3 Å². The van der Waals surface area contributed by atoms with Crippen LogP contribution >= 0.6 is 0 Å². The summed E-state index contributed by atoms with van der Waals surface area (Å²) in [5, 5.41) is 49.0. The summed E-state index contributed by atoms with van der Waals surface area (Å²) in [4.78, 5) is 42.8. The maximum atomic E-state index is 14.0.